The van der Waals surface area contributed by atoms with E-state index in [9.17, 15) is 4.79 Å². The van der Waals surface area contributed by atoms with Crippen molar-refractivity contribution in [3.8, 4) is 0 Å². The van der Waals surface area contributed by atoms with E-state index in [4.69, 9.17) is 4.65 Å². The van der Waals surface area contributed by atoms with Gasteiger partial charge in [0.2, 0.25) is 0 Å². The second-order valence-corrected chi connectivity index (χ2v) is 8.69. The van der Waals surface area contributed by atoms with Gasteiger partial charge in [0.15, 0.2) is 0 Å². The van der Waals surface area contributed by atoms with Crippen molar-refractivity contribution in [2.24, 2.45) is 0 Å². The second-order valence-electron chi connectivity index (χ2n) is 8.69. The van der Waals surface area contributed by atoms with Crippen molar-refractivity contribution >= 4 is 13.5 Å². The van der Waals surface area contributed by atoms with Crippen molar-refractivity contribution in [1.82, 2.24) is 9.55 Å². The maximum absolute atomic E-state index is 12.8. The number of carbonyl (C=O) groups excluding carboxylic acids is 1. The molecule has 1 heterocycles. The minimum Gasteiger partial charge on any atom is -0.534 e. The van der Waals surface area contributed by atoms with Crippen molar-refractivity contribution in [3.63, 3.8) is 0 Å². The fourth-order valence-corrected chi connectivity index (χ4v) is 4.39. The van der Waals surface area contributed by atoms with Crippen LogP contribution in [0.1, 0.15) is 106 Å². The molecule has 161 valence electrons. The molecule has 1 aromatic carbocycles. The maximum atomic E-state index is 12.8. The molecule has 0 unspecified atom stereocenters. The van der Waals surface area contributed by atoms with E-state index in [0.717, 1.165) is 18.4 Å². The fraction of sp³-hybridized carbons (Fsp3) is 0.600. The van der Waals surface area contributed by atoms with Gasteiger partial charge in [-0.15, -0.1) is 0 Å². The van der Waals surface area contributed by atoms with Gasteiger partial charge in [-0.25, -0.2) is 9.78 Å². The quantitative estimate of drug-likeness (QED) is 0.515. The molecular weight excluding hydrogens is 371 g/mol. The van der Waals surface area contributed by atoms with Gasteiger partial charge in [0, 0.05) is 0 Å². The first kappa shape index (κ1) is 22.6. The van der Waals surface area contributed by atoms with Crippen molar-refractivity contribution in [2.75, 3.05) is 0 Å². The zero-order valence-electron chi connectivity index (χ0n) is 18.5. The van der Waals surface area contributed by atoms with Crippen LogP contribution >= 0.6 is 0 Å². The van der Waals surface area contributed by atoms with Crippen LogP contribution in [-0.2, 0) is 4.65 Å². The summed E-state index contributed by atoms with van der Waals surface area (Å²) in [4.78, 5) is 17.0. The monoisotopic (exact) mass is 407 g/mol. The van der Waals surface area contributed by atoms with Gasteiger partial charge in [-0.2, -0.15) is 0 Å². The van der Waals surface area contributed by atoms with Crippen LogP contribution in [0.3, 0.4) is 0 Å². The summed E-state index contributed by atoms with van der Waals surface area (Å²) < 4.78 is 7.58. The molecule has 0 aliphatic heterocycles. The van der Waals surface area contributed by atoms with Crippen LogP contribution in [0.5, 0.6) is 0 Å². The molecule has 0 amide bonds. The Labute approximate surface area is 182 Å². The van der Waals surface area contributed by atoms with Crippen LogP contribution in [0.15, 0.2) is 42.9 Å². The Kier molecular flexibility index (Phi) is 9.52. The molecule has 1 atom stereocenters. The summed E-state index contributed by atoms with van der Waals surface area (Å²) in [5.74, 6) is 0.0517. The molecule has 0 bridgehead atoms. The van der Waals surface area contributed by atoms with Gasteiger partial charge >= 0.3 is 13.5 Å². The Bertz CT molecular complexity index is 733. The summed E-state index contributed by atoms with van der Waals surface area (Å²) >= 11 is 0. The zero-order valence-corrected chi connectivity index (χ0v) is 18.5. The van der Waals surface area contributed by atoms with Crippen molar-refractivity contribution in [1.29, 1.82) is 0 Å². The Morgan fingerprint density at radius 1 is 0.967 bits per heavy atom. The van der Waals surface area contributed by atoms with Gasteiger partial charge < -0.3 is 9.22 Å². The maximum Gasteiger partial charge on any atom is 0.377 e. The second kappa shape index (κ2) is 12.6. The molecule has 2 aromatic rings. The van der Waals surface area contributed by atoms with Crippen LogP contribution < -0.4 is 0 Å². The number of carbonyl (C=O) groups is 1. The van der Waals surface area contributed by atoms with Gasteiger partial charge in [-0.1, -0.05) is 107 Å². The number of rotatable bonds is 5. The third-order valence-corrected chi connectivity index (χ3v) is 6.34. The van der Waals surface area contributed by atoms with Crippen molar-refractivity contribution < 1.29 is 9.45 Å². The number of hydrogen-bond donors (Lipinski definition) is 0. The first-order valence-corrected chi connectivity index (χ1v) is 11.9. The standard InChI is InChI=1S/C25H36BN2O2/c1-21(22-15-11-10-12-16-22)28-20-27-19-24(28)25(29)30-26-23-17-13-8-6-4-2-3-5-7-9-14-18-23/h10-12,15-16,19-21,23H,2-9,13-14,17-18H2,1H3/t21-/m1/s1. The normalized spacial score (nSPS) is 18.4. The predicted molar refractivity (Wildman–Crippen MR) is 123 cm³/mol. The molecule has 0 saturated heterocycles. The highest BCUT2D eigenvalue weighted by Gasteiger charge is 2.21. The molecule has 3 rings (SSSR count). The number of imidazole rings is 1. The molecule has 0 N–H and O–H groups in total. The van der Waals surface area contributed by atoms with Crippen LogP contribution in [-0.4, -0.2) is 23.0 Å². The summed E-state index contributed by atoms with van der Waals surface area (Å²) in [6.45, 7) is 2.08. The summed E-state index contributed by atoms with van der Waals surface area (Å²) in [5, 5.41) is 0. The third kappa shape index (κ3) is 7.03. The average Bonchev–Trinajstić information content (AvgIpc) is 3.27. The summed E-state index contributed by atoms with van der Waals surface area (Å²) in [7, 11) is 1.81. The molecule has 1 aliphatic carbocycles. The van der Waals surface area contributed by atoms with Gasteiger partial charge in [-0.3, -0.25) is 0 Å². The molecule has 4 nitrogen and oxygen atoms in total. The van der Waals surface area contributed by atoms with Gasteiger partial charge in [-0.05, 0) is 18.3 Å². The van der Waals surface area contributed by atoms with E-state index in [1.165, 1.54) is 64.2 Å². The minimum absolute atomic E-state index is 0.0292. The summed E-state index contributed by atoms with van der Waals surface area (Å²) in [6.07, 6.45) is 18.8. The lowest BCUT2D eigenvalue weighted by atomic mass is 9.73. The van der Waals surface area contributed by atoms with Crippen LogP contribution in [0.4, 0.5) is 0 Å². The van der Waals surface area contributed by atoms with E-state index in [2.05, 4.69) is 24.0 Å². The highest BCUT2D eigenvalue weighted by atomic mass is 16.5. The number of hydrogen-bond acceptors (Lipinski definition) is 3. The first-order chi connectivity index (χ1) is 14.8. The summed E-state index contributed by atoms with van der Waals surface area (Å²) in [6, 6.07) is 10.2. The van der Waals surface area contributed by atoms with Crippen molar-refractivity contribution in [3.05, 3.63) is 54.1 Å². The molecular formula is C25H36BN2O2. The van der Waals surface area contributed by atoms with Gasteiger partial charge in [0.1, 0.15) is 5.69 Å². The van der Waals surface area contributed by atoms with E-state index in [-0.39, 0.29) is 12.0 Å². The van der Waals surface area contributed by atoms with Gasteiger partial charge in [0.05, 0.1) is 18.6 Å². The smallest absolute Gasteiger partial charge is 0.377 e. The Morgan fingerprint density at radius 3 is 2.13 bits per heavy atom. The Morgan fingerprint density at radius 2 is 1.53 bits per heavy atom. The number of benzene rings is 1. The SMILES string of the molecule is C[C@H](c1ccccc1)n1cncc1C(=O)O[B]C1CCCCCCCCCCCC1. The highest BCUT2D eigenvalue weighted by Crippen LogP contribution is 2.25. The van der Waals surface area contributed by atoms with E-state index >= 15 is 0 Å². The van der Waals surface area contributed by atoms with E-state index in [1.807, 2.05) is 30.2 Å². The highest BCUT2D eigenvalue weighted by molar-refractivity contribution is 6.33. The zero-order chi connectivity index (χ0) is 21.0. The lowest BCUT2D eigenvalue weighted by Gasteiger charge is -2.18. The lowest BCUT2D eigenvalue weighted by molar-refractivity contribution is 0.0724. The summed E-state index contributed by atoms with van der Waals surface area (Å²) in [5.41, 5.74) is 1.65. The third-order valence-electron chi connectivity index (χ3n) is 6.34. The molecule has 1 aromatic heterocycles. The van der Waals surface area contributed by atoms with E-state index in [1.54, 1.807) is 12.5 Å². The molecule has 5 heteroatoms. The van der Waals surface area contributed by atoms with Crippen LogP contribution in [0.25, 0.3) is 0 Å². The van der Waals surface area contributed by atoms with Crippen LogP contribution in [0, 0.1) is 0 Å². The fourth-order valence-electron chi connectivity index (χ4n) is 4.39. The molecule has 1 fully saturated rings. The Balaban J connectivity index is 1.55. The lowest BCUT2D eigenvalue weighted by Crippen LogP contribution is -2.19. The molecule has 1 radical (unpaired) electrons. The average molecular weight is 407 g/mol. The van der Waals surface area contributed by atoms with Crippen LogP contribution in [0.2, 0.25) is 5.82 Å². The van der Waals surface area contributed by atoms with Crippen molar-refractivity contribution in [2.45, 2.75) is 95.8 Å². The topological polar surface area (TPSA) is 44.1 Å². The molecule has 0 spiro atoms. The predicted octanol–water partition coefficient (Wildman–Crippen LogP) is 6.75. The molecule has 30 heavy (non-hydrogen) atoms. The number of nitrogens with zero attached hydrogens (tertiary/aromatic N) is 2. The first-order valence-electron chi connectivity index (χ1n) is 11.9. The molecule has 1 saturated carbocycles. The number of aromatic nitrogens is 2. The Hall–Kier alpha value is -2.04. The van der Waals surface area contributed by atoms with E-state index < -0.39 is 0 Å². The van der Waals surface area contributed by atoms with E-state index in [0.29, 0.717) is 11.5 Å². The largest absolute Gasteiger partial charge is 0.534 e. The van der Waals surface area contributed by atoms with Gasteiger partial charge in [0.25, 0.3) is 0 Å². The minimum atomic E-state index is -0.307. The molecule has 1 aliphatic rings.